The smallest absolute Gasteiger partial charge is 0.233 e. The second-order valence-corrected chi connectivity index (χ2v) is 4.75. The average molecular weight is 299 g/mol. The molecule has 0 saturated heterocycles. The summed E-state index contributed by atoms with van der Waals surface area (Å²) in [6, 6.07) is 8.00. The lowest BCUT2D eigenvalue weighted by Crippen LogP contribution is -2.34. The lowest BCUT2D eigenvalue weighted by atomic mass is 10.2. The molecule has 1 aromatic carbocycles. The van der Waals surface area contributed by atoms with Crippen molar-refractivity contribution in [2.24, 2.45) is 0 Å². The van der Waals surface area contributed by atoms with Gasteiger partial charge in [0, 0.05) is 17.6 Å². The number of rotatable bonds is 7. The van der Waals surface area contributed by atoms with Gasteiger partial charge in [-0.15, -0.1) is 0 Å². The van der Waals surface area contributed by atoms with Crippen molar-refractivity contribution in [3.8, 4) is 0 Å². The molecular weight excluding hydrogens is 280 g/mol. The summed E-state index contributed by atoms with van der Waals surface area (Å²) in [6.45, 7) is 3.94. The summed E-state index contributed by atoms with van der Waals surface area (Å²) < 4.78 is 1.07. The molecule has 1 amide bonds. The Hall–Kier alpha value is -0.870. The van der Waals surface area contributed by atoms with Gasteiger partial charge in [-0.2, -0.15) is 0 Å². The van der Waals surface area contributed by atoms with E-state index in [2.05, 4.69) is 33.5 Å². The first kappa shape index (κ1) is 14.2. The molecule has 3 nitrogen and oxygen atoms in total. The summed E-state index contributed by atoms with van der Waals surface area (Å²) in [4.78, 5) is 11.4. The van der Waals surface area contributed by atoms with Crippen LogP contribution in [0.1, 0.15) is 25.3 Å². The van der Waals surface area contributed by atoms with Crippen LogP contribution in [-0.4, -0.2) is 19.0 Å². The normalized spacial score (nSPS) is 10.2. The molecule has 0 unspecified atom stereocenters. The van der Waals surface area contributed by atoms with Crippen LogP contribution in [0.2, 0.25) is 0 Å². The molecule has 0 aliphatic heterocycles. The first-order valence-corrected chi connectivity index (χ1v) is 6.74. The Morgan fingerprint density at radius 1 is 1.35 bits per heavy atom. The van der Waals surface area contributed by atoms with E-state index in [-0.39, 0.29) is 5.91 Å². The van der Waals surface area contributed by atoms with Gasteiger partial charge in [0.1, 0.15) is 0 Å². The number of halogens is 1. The van der Waals surface area contributed by atoms with Gasteiger partial charge in [-0.1, -0.05) is 47.5 Å². The number of carbonyl (C=O) groups excluding carboxylic acids is 1. The Labute approximate surface area is 111 Å². The number of nitrogens with one attached hydrogen (secondary N) is 2. The molecule has 0 aliphatic rings. The van der Waals surface area contributed by atoms with E-state index in [0.29, 0.717) is 13.1 Å². The third kappa shape index (κ3) is 5.84. The minimum atomic E-state index is 0.0607. The largest absolute Gasteiger partial charge is 0.355 e. The highest BCUT2D eigenvalue weighted by Gasteiger charge is 2.01. The van der Waals surface area contributed by atoms with Gasteiger partial charge in [0.05, 0.1) is 6.54 Å². The second kappa shape index (κ2) is 8.25. The van der Waals surface area contributed by atoms with Crippen molar-refractivity contribution in [3.63, 3.8) is 0 Å². The molecule has 0 fully saturated rings. The van der Waals surface area contributed by atoms with Crippen LogP contribution in [0.4, 0.5) is 0 Å². The number of amides is 1. The Kier molecular flexibility index (Phi) is 6.89. The standard InChI is InChI=1S/C13H19BrN2O/c1-2-3-8-16-13(17)10-15-9-11-6-4-5-7-12(11)14/h4-7,15H,2-3,8-10H2,1H3,(H,16,17). The second-order valence-electron chi connectivity index (χ2n) is 3.90. The fraction of sp³-hybridized carbons (Fsp3) is 0.462. The third-order valence-electron chi connectivity index (χ3n) is 2.41. The molecule has 4 heteroatoms. The van der Waals surface area contributed by atoms with Gasteiger partial charge >= 0.3 is 0 Å². The summed E-state index contributed by atoms with van der Waals surface area (Å²) in [6.07, 6.45) is 2.14. The number of hydrogen-bond donors (Lipinski definition) is 2. The summed E-state index contributed by atoms with van der Waals surface area (Å²) in [7, 11) is 0. The highest BCUT2D eigenvalue weighted by atomic mass is 79.9. The van der Waals surface area contributed by atoms with Crippen LogP contribution < -0.4 is 10.6 Å². The Morgan fingerprint density at radius 2 is 2.12 bits per heavy atom. The van der Waals surface area contributed by atoms with Gasteiger partial charge in [-0.05, 0) is 18.1 Å². The molecule has 1 rings (SSSR count). The fourth-order valence-corrected chi connectivity index (χ4v) is 1.84. The Balaban J connectivity index is 2.19. The van der Waals surface area contributed by atoms with E-state index in [1.54, 1.807) is 0 Å². The first-order chi connectivity index (χ1) is 8.24. The molecule has 0 heterocycles. The molecule has 0 radical (unpaired) electrons. The monoisotopic (exact) mass is 298 g/mol. The summed E-state index contributed by atoms with van der Waals surface area (Å²) in [5, 5.41) is 6.00. The maximum atomic E-state index is 11.4. The van der Waals surface area contributed by atoms with Gasteiger partial charge in [-0.3, -0.25) is 4.79 Å². The zero-order valence-electron chi connectivity index (χ0n) is 10.1. The number of carbonyl (C=O) groups is 1. The maximum absolute atomic E-state index is 11.4. The first-order valence-electron chi connectivity index (χ1n) is 5.95. The molecule has 0 bridgehead atoms. The van der Waals surface area contributed by atoms with Gasteiger partial charge in [0.25, 0.3) is 0 Å². The van der Waals surface area contributed by atoms with Crippen LogP contribution in [-0.2, 0) is 11.3 Å². The topological polar surface area (TPSA) is 41.1 Å². The quantitative estimate of drug-likeness (QED) is 0.759. The van der Waals surface area contributed by atoms with Crippen LogP contribution in [0.25, 0.3) is 0 Å². The molecular formula is C13H19BrN2O. The van der Waals surface area contributed by atoms with Crippen LogP contribution >= 0.6 is 15.9 Å². The highest BCUT2D eigenvalue weighted by Crippen LogP contribution is 2.14. The molecule has 17 heavy (non-hydrogen) atoms. The van der Waals surface area contributed by atoms with Gasteiger partial charge in [0.2, 0.25) is 5.91 Å². The van der Waals surface area contributed by atoms with Gasteiger partial charge in [-0.25, -0.2) is 0 Å². The molecule has 94 valence electrons. The molecule has 0 aliphatic carbocycles. The van der Waals surface area contributed by atoms with E-state index in [9.17, 15) is 4.79 Å². The van der Waals surface area contributed by atoms with Crippen molar-refractivity contribution in [2.45, 2.75) is 26.3 Å². The van der Waals surface area contributed by atoms with Crippen LogP contribution in [0.5, 0.6) is 0 Å². The zero-order valence-corrected chi connectivity index (χ0v) is 11.7. The van der Waals surface area contributed by atoms with E-state index < -0.39 is 0 Å². The molecule has 2 N–H and O–H groups in total. The summed E-state index contributed by atoms with van der Waals surface area (Å²) in [5.41, 5.74) is 1.16. The van der Waals surface area contributed by atoms with Crippen LogP contribution in [0, 0.1) is 0 Å². The molecule has 0 saturated carbocycles. The predicted molar refractivity (Wildman–Crippen MR) is 73.8 cm³/mol. The predicted octanol–water partition coefficient (Wildman–Crippen LogP) is 2.46. The Bertz CT molecular complexity index is 355. The van der Waals surface area contributed by atoms with Crippen LogP contribution in [0.3, 0.4) is 0 Å². The van der Waals surface area contributed by atoms with Crippen molar-refractivity contribution in [3.05, 3.63) is 34.3 Å². The van der Waals surface area contributed by atoms with E-state index in [4.69, 9.17) is 0 Å². The number of hydrogen-bond acceptors (Lipinski definition) is 2. The number of unbranched alkanes of at least 4 members (excludes halogenated alkanes) is 1. The van der Waals surface area contributed by atoms with E-state index in [1.165, 1.54) is 0 Å². The lowest BCUT2D eigenvalue weighted by Gasteiger charge is -2.07. The van der Waals surface area contributed by atoms with Crippen molar-refractivity contribution < 1.29 is 4.79 Å². The van der Waals surface area contributed by atoms with Gasteiger partial charge in [0.15, 0.2) is 0 Å². The van der Waals surface area contributed by atoms with E-state index >= 15 is 0 Å². The van der Waals surface area contributed by atoms with Crippen molar-refractivity contribution in [1.82, 2.24) is 10.6 Å². The highest BCUT2D eigenvalue weighted by molar-refractivity contribution is 9.10. The van der Waals surface area contributed by atoms with Gasteiger partial charge < -0.3 is 10.6 Å². The molecule has 0 spiro atoms. The number of benzene rings is 1. The zero-order chi connectivity index (χ0) is 12.5. The van der Waals surface area contributed by atoms with Crippen molar-refractivity contribution >= 4 is 21.8 Å². The van der Waals surface area contributed by atoms with Crippen LogP contribution in [0.15, 0.2) is 28.7 Å². The van der Waals surface area contributed by atoms with Crippen molar-refractivity contribution in [2.75, 3.05) is 13.1 Å². The Morgan fingerprint density at radius 3 is 2.82 bits per heavy atom. The molecule has 1 aromatic rings. The maximum Gasteiger partial charge on any atom is 0.233 e. The summed E-state index contributed by atoms with van der Waals surface area (Å²) >= 11 is 3.47. The third-order valence-corrected chi connectivity index (χ3v) is 3.18. The van der Waals surface area contributed by atoms with E-state index in [1.807, 2.05) is 24.3 Å². The minimum Gasteiger partial charge on any atom is -0.355 e. The average Bonchev–Trinajstić information content (AvgIpc) is 2.32. The summed E-state index contributed by atoms with van der Waals surface area (Å²) in [5.74, 6) is 0.0607. The van der Waals surface area contributed by atoms with E-state index in [0.717, 1.165) is 29.4 Å². The SMILES string of the molecule is CCCCNC(=O)CNCc1ccccc1Br. The molecule has 0 aromatic heterocycles. The molecule has 0 atom stereocenters. The fourth-order valence-electron chi connectivity index (χ4n) is 1.42. The van der Waals surface area contributed by atoms with Crippen molar-refractivity contribution in [1.29, 1.82) is 0 Å². The lowest BCUT2D eigenvalue weighted by molar-refractivity contribution is -0.120. The minimum absolute atomic E-state index is 0.0607.